The first-order valence-corrected chi connectivity index (χ1v) is 6.16. The molecule has 1 aromatic rings. The number of rotatable bonds is 5. The Balaban J connectivity index is 2.01. The molecule has 0 unspecified atom stereocenters. The predicted molar refractivity (Wildman–Crippen MR) is 65.6 cm³/mol. The van der Waals surface area contributed by atoms with Gasteiger partial charge < -0.3 is 15.0 Å². The van der Waals surface area contributed by atoms with Crippen LogP contribution >= 0.6 is 0 Å². The van der Waals surface area contributed by atoms with Gasteiger partial charge in [-0.05, 0) is 32.8 Å². The van der Waals surface area contributed by atoms with Crippen LogP contribution < -0.4 is 5.73 Å². The smallest absolute Gasteiger partial charge is 0.307 e. The minimum Gasteiger partial charge on any atom is -0.461 e. The minimum absolute atomic E-state index is 0.219. The minimum atomic E-state index is -0.219. The van der Waals surface area contributed by atoms with Crippen LogP contribution in [0.2, 0.25) is 0 Å². The normalized spacial score (nSPS) is 15.0. The molecular formula is C13H20N2O2. The average Bonchev–Trinajstić information content (AvgIpc) is 3.05. The summed E-state index contributed by atoms with van der Waals surface area (Å²) in [6.45, 7) is 4.92. The Morgan fingerprint density at radius 2 is 2.24 bits per heavy atom. The fraction of sp³-hybridized carbons (Fsp3) is 0.615. The Labute approximate surface area is 102 Å². The van der Waals surface area contributed by atoms with Crippen LogP contribution in [-0.4, -0.2) is 17.1 Å². The fourth-order valence-electron chi connectivity index (χ4n) is 2.23. The number of esters is 1. The molecule has 4 heteroatoms. The highest BCUT2D eigenvalue weighted by molar-refractivity contribution is 5.69. The third-order valence-corrected chi connectivity index (χ3v) is 3.24. The number of aryl methyl sites for hydroxylation is 1. The lowest BCUT2D eigenvalue weighted by Gasteiger charge is -2.08. The maximum Gasteiger partial charge on any atom is 0.307 e. The number of nitrogens with two attached hydrogens (primary N) is 1. The second-order valence-electron chi connectivity index (χ2n) is 4.70. The molecule has 2 rings (SSSR count). The molecule has 0 atom stereocenters. The largest absolute Gasteiger partial charge is 0.461 e. The molecule has 1 aromatic heterocycles. The summed E-state index contributed by atoms with van der Waals surface area (Å²) in [4.78, 5) is 11.3. The van der Waals surface area contributed by atoms with Crippen molar-refractivity contribution in [1.82, 2.24) is 4.57 Å². The predicted octanol–water partition coefficient (Wildman–Crippen LogP) is 1.83. The van der Waals surface area contributed by atoms with Crippen molar-refractivity contribution in [3.63, 3.8) is 0 Å². The van der Waals surface area contributed by atoms with E-state index in [9.17, 15) is 4.79 Å². The molecule has 1 aliphatic rings. The Bertz CT molecular complexity index is 419. The van der Waals surface area contributed by atoms with E-state index in [1.165, 1.54) is 24.2 Å². The molecule has 0 radical (unpaired) electrons. The van der Waals surface area contributed by atoms with Crippen molar-refractivity contribution < 1.29 is 9.53 Å². The maximum atomic E-state index is 11.3. The summed E-state index contributed by atoms with van der Waals surface area (Å²) in [7, 11) is 0. The molecule has 94 valence electrons. The zero-order valence-electron chi connectivity index (χ0n) is 10.5. The highest BCUT2D eigenvalue weighted by Crippen LogP contribution is 2.38. The molecule has 1 aliphatic carbocycles. The molecule has 17 heavy (non-hydrogen) atoms. The van der Waals surface area contributed by atoms with Crippen molar-refractivity contribution in [2.45, 2.75) is 45.8 Å². The molecular weight excluding hydrogens is 216 g/mol. The monoisotopic (exact) mass is 236 g/mol. The molecule has 0 aliphatic heterocycles. The van der Waals surface area contributed by atoms with Gasteiger partial charge in [0.15, 0.2) is 0 Å². The van der Waals surface area contributed by atoms with Crippen LogP contribution in [0.3, 0.4) is 0 Å². The third kappa shape index (κ3) is 2.69. The molecule has 1 saturated carbocycles. The van der Waals surface area contributed by atoms with Gasteiger partial charge in [0, 0.05) is 29.5 Å². The van der Waals surface area contributed by atoms with Gasteiger partial charge in [0.1, 0.15) is 6.61 Å². The lowest BCUT2D eigenvalue weighted by atomic mass is 10.2. The summed E-state index contributed by atoms with van der Waals surface area (Å²) in [6.07, 6.45) is 2.83. The topological polar surface area (TPSA) is 57.2 Å². The second kappa shape index (κ2) is 4.92. The van der Waals surface area contributed by atoms with Gasteiger partial charge in [0.25, 0.3) is 0 Å². The quantitative estimate of drug-likeness (QED) is 0.793. The number of nitrogens with zero attached hydrogens (tertiary/aromatic N) is 1. The van der Waals surface area contributed by atoms with Gasteiger partial charge in [-0.2, -0.15) is 0 Å². The van der Waals surface area contributed by atoms with Gasteiger partial charge in [-0.3, -0.25) is 4.79 Å². The zero-order chi connectivity index (χ0) is 12.4. The van der Waals surface area contributed by atoms with E-state index in [1.807, 2.05) is 0 Å². The Kier molecular flexibility index (Phi) is 3.52. The Morgan fingerprint density at radius 1 is 1.53 bits per heavy atom. The number of carbonyl (C=O) groups is 1. The van der Waals surface area contributed by atoms with Gasteiger partial charge in [-0.25, -0.2) is 0 Å². The van der Waals surface area contributed by atoms with E-state index in [4.69, 9.17) is 10.5 Å². The number of carbonyl (C=O) groups excluding carboxylic acids is 1. The van der Waals surface area contributed by atoms with Crippen molar-refractivity contribution >= 4 is 5.97 Å². The highest BCUT2D eigenvalue weighted by Gasteiger charge is 2.27. The van der Waals surface area contributed by atoms with Crippen LogP contribution in [0.15, 0.2) is 6.07 Å². The van der Waals surface area contributed by atoms with E-state index in [-0.39, 0.29) is 5.97 Å². The summed E-state index contributed by atoms with van der Waals surface area (Å²) in [5.41, 5.74) is 8.90. The zero-order valence-corrected chi connectivity index (χ0v) is 10.5. The molecule has 4 nitrogen and oxygen atoms in total. The van der Waals surface area contributed by atoms with Crippen LogP contribution in [0, 0.1) is 13.8 Å². The number of hydrogen-bond donors (Lipinski definition) is 1. The molecule has 0 saturated heterocycles. The molecule has 1 fully saturated rings. The molecule has 0 amide bonds. The molecule has 0 spiro atoms. The van der Waals surface area contributed by atoms with E-state index >= 15 is 0 Å². The third-order valence-electron chi connectivity index (χ3n) is 3.24. The van der Waals surface area contributed by atoms with E-state index in [0.717, 1.165) is 5.56 Å². The van der Waals surface area contributed by atoms with Gasteiger partial charge in [-0.1, -0.05) is 0 Å². The van der Waals surface area contributed by atoms with Gasteiger partial charge in [-0.15, -0.1) is 0 Å². The van der Waals surface area contributed by atoms with Crippen LogP contribution in [0.25, 0.3) is 0 Å². The molecule has 2 N–H and O–H groups in total. The number of hydrogen-bond acceptors (Lipinski definition) is 3. The van der Waals surface area contributed by atoms with Crippen molar-refractivity contribution in [2.24, 2.45) is 5.73 Å². The maximum absolute atomic E-state index is 11.3. The van der Waals surface area contributed by atoms with Crippen LogP contribution in [-0.2, 0) is 16.1 Å². The van der Waals surface area contributed by atoms with Crippen LogP contribution in [0.4, 0.5) is 0 Å². The number of ether oxygens (including phenoxy) is 1. The van der Waals surface area contributed by atoms with Crippen LogP contribution in [0.1, 0.15) is 42.3 Å². The SMILES string of the molecule is Cc1cc(COC(=O)CCN)c(C)n1C1CC1. The summed E-state index contributed by atoms with van der Waals surface area (Å²) < 4.78 is 7.54. The summed E-state index contributed by atoms with van der Waals surface area (Å²) in [5, 5.41) is 0. The highest BCUT2D eigenvalue weighted by atomic mass is 16.5. The first-order chi connectivity index (χ1) is 8.13. The standard InChI is InChI=1S/C13H20N2O2/c1-9-7-11(8-17-13(16)5-6-14)10(2)15(9)12-3-4-12/h7,12H,3-6,8,14H2,1-2H3. The molecule has 1 heterocycles. The van der Waals surface area contributed by atoms with Gasteiger partial charge >= 0.3 is 5.97 Å². The molecule has 0 aromatic carbocycles. The van der Waals surface area contributed by atoms with E-state index in [0.29, 0.717) is 25.6 Å². The van der Waals surface area contributed by atoms with Crippen molar-refractivity contribution in [1.29, 1.82) is 0 Å². The molecule has 0 bridgehead atoms. The van der Waals surface area contributed by atoms with Crippen molar-refractivity contribution in [3.8, 4) is 0 Å². The Hall–Kier alpha value is -1.29. The lowest BCUT2D eigenvalue weighted by Crippen LogP contribution is -2.11. The lowest BCUT2D eigenvalue weighted by molar-refractivity contribution is -0.144. The van der Waals surface area contributed by atoms with Crippen molar-refractivity contribution in [3.05, 3.63) is 23.0 Å². The van der Waals surface area contributed by atoms with E-state index in [2.05, 4.69) is 24.5 Å². The second-order valence-corrected chi connectivity index (χ2v) is 4.70. The van der Waals surface area contributed by atoms with Gasteiger partial charge in [0.2, 0.25) is 0 Å². The first kappa shape index (κ1) is 12.2. The van der Waals surface area contributed by atoms with Crippen LogP contribution in [0.5, 0.6) is 0 Å². The first-order valence-electron chi connectivity index (χ1n) is 6.16. The summed E-state index contributed by atoms with van der Waals surface area (Å²) >= 11 is 0. The van der Waals surface area contributed by atoms with Crippen molar-refractivity contribution in [2.75, 3.05) is 6.54 Å². The fourth-order valence-corrected chi connectivity index (χ4v) is 2.23. The van der Waals surface area contributed by atoms with E-state index < -0.39 is 0 Å². The van der Waals surface area contributed by atoms with E-state index in [1.54, 1.807) is 0 Å². The number of aromatic nitrogens is 1. The summed E-state index contributed by atoms with van der Waals surface area (Å²) in [6, 6.07) is 2.78. The van der Waals surface area contributed by atoms with Gasteiger partial charge in [0.05, 0.1) is 6.42 Å². The Morgan fingerprint density at radius 3 is 2.82 bits per heavy atom. The summed E-state index contributed by atoms with van der Waals surface area (Å²) in [5.74, 6) is -0.219. The average molecular weight is 236 g/mol.